The first-order valence-corrected chi connectivity index (χ1v) is 11.5. The number of carbonyl (C=O) groups is 2. The van der Waals surface area contributed by atoms with Crippen LogP contribution in [0.3, 0.4) is 0 Å². The molecular formula is C25H27N3O2S. The molecule has 2 amide bonds. The topological polar surface area (TPSA) is 74.0 Å². The van der Waals surface area contributed by atoms with Crippen molar-refractivity contribution >= 4 is 44.1 Å². The Kier molecular flexibility index (Phi) is 6.37. The van der Waals surface area contributed by atoms with Gasteiger partial charge in [0.05, 0.1) is 0 Å². The van der Waals surface area contributed by atoms with Crippen LogP contribution >= 0.6 is 11.3 Å². The maximum Gasteiger partial charge on any atom is 0.242 e. The molecule has 1 atom stereocenters. The van der Waals surface area contributed by atoms with Crippen molar-refractivity contribution in [2.45, 2.75) is 32.7 Å². The maximum atomic E-state index is 13.0. The molecule has 1 unspecified atom stereocenters. The standard InChI is InChI=1S/C25H27N3O2S/c1-16(2)24(29)28-22(13-18-14-27-21-9-5-3-7-19(18)21)25(30)26-12-11-17-15-31-23-10-6-4-8-20(17)23/h3-10,14-16,22,27H,11-13H2,1-2H3,(H,26,30)(H,28,29). The van der Waals surface area contributed by atoms with Gasteiger partial charge in [0, 0.05) is 40.7 Å². The Balaban J connectivity index is 1.45. The van der Waals surface area contributed by atoms with Gasteiger partial charge in [-0.05, 0) is 40.4 Å². The van der Waals surface area contributed by atoms with Crippen molar-refractivity contribution in [1.29, 1.82) is 0 Å². The van der Waals surface area contributed by atoms with E-state index < -0.39 is 6.04 Å². The largest absolute Gasteiger partial charge is 0.361 e. The number of aromatic amines is 1. The van der Waals surface area contributed by atoms with Crippen LogP contribution in [0.5, 0.6) is 0 Å². The molecule has 0 fully saturated rings. The predicted octanol–water partition coefficient (Wildman–Crippen LogP) is 4.42. The molecule has 4 aromatic rings. The summed E-state index contributed by atoms with van der Waals surface area (Å²) in [4.78, 5) is 28.6. The molecule has 0 aliphatic rings. The van der Waals surface area contributed by atoms with Crippen molar-refractivity contribution in [3.63, 3.8) is 0 Å². The normalized spacial score (nSPS) is 12.4. The molecule has 6 heteroatoms. The van der Waals surface area contributed by atoms with Crippen LogP contribution < -0.4 is 10.6 Å². The van der Waals surface area contributed by atoms with Gasteiger partial charge < -0.3 is 15.6 Å². The van der Waals surface area contributed by atoms with E-state index in [0.717, 1.165) is 22.9 Å². The minimum Gasteiger partial charge on any atom is -0.361 e. The third kappa shape index (κ3) is 4.80. The summed E-state index contributed by atoms with van der Waals surface area (Å²) in [5.41, 5.74) is 3.28. The lowest BCUT2D eigenvalue weighted by atomic mass is 10.0. The molecule has 3 N–H and O–H groups in total. The fourth-order valence-electron chi connectivity index (χ4n) is 3.74. The molecule has 2 aromatic heterocycles. The van der Waals surface area contributed by atoms with Crippen LogP contribution in [0, 0.1) is 5.92 Å². The van der Waals surface area contributed by atoms with E-state index in [1.165, 1.54) is 15.6 Å². The first-order valence-electron chi connectivity index (χ1n) is 10.6. The molecule has 0 bridgehead atoms. The number of hydrogen-bond acceptors (Lipinski definition) is 3. The number of thiophene rings is 1. The van der Waals surface area contributed by atoms with Gasteiger partial charge in [-0.2, -0.15) is 0 Å². The summed E-state index contributed by atoms with van der Waals surface area (Å²) in [5, 5.41) is 10.4. The van der Waals surface area contributed by atoms with E-state index >= 15 is 0 Å². The predicted molar refractivity (Wildman–Crippen MR) is 127 cm³/mol. The highest BCUT2D eigenvalue weighted by Crippen LogP contribution is 2.25. The molecule has 0 saturated carbocycles. The van der Waals surface area contributed by atoms with E-state index in [-0.39, 0.29) is 17.7 Å². The minimum absolute atomic E-state index is 0.121. The quantitative estimate of drug-likeness (QED) is 0.385. The van der Waals surface area contributed by atoms with Gasteiger partial charge in [0.1, 0.15) is 6.04 Å². The maximum absolute atomic E-state index is 13.0. The fourth-order valence-corrected chi connectivity index (χ4v) is 4.74. The number of benzene rings is 2. The van der Waals surface area contributed by atoms with Crippen molar-refractivity contribution in [3.8, 4) is 0 Å². The third-order valence-corrected chi connectivity index (χ3v) is 6.52. The van der Waals surface area contributed by atoms with Crippen LogP contribution in [0.2, 0.25) is 0 Å². The summed E-state index contributed by atoms with van der Waals surface area (Å²) >= 11 is 1.72. The number of hydrogen-bond donors (Lipinski definition) is 3. The molecule has 31 heavy (non-hydrogen) atoms. The SMILES string of the molecule is CC(C)C(=O)NC(Cc1c[nH]c2ccccc12)C(=O)NCCc1csc2ccccc12. The number of carbonyl (C=O) groups excluding carboxylic acids is 2. The second-order valence-electron chi connectivity index (χ2n) is 8.08. The minimum atomic E-state index is -0.617. The second-order valence-corrected chi connectivity index (χ2v) is 8.99. The van der Waals surface area contributed by atoms with E-state index in [1.807, 2.05) is 56.4 Å². The number of amides is 2. The Morgan fingerprint density at radius 2 is 1.71 bits per heavy atom. The number of aromatic nitrogens is 1. The Morgan fingerprint density at radius 3 is 2.52 bits per heavy atom. The summed E-state index contributed by atoms with van der Waals surface area (Å²) in [6.07, 6.45) is 3.12. The number of para-hydroxylation sites is 1. The lowest BCUT2D eigenvalue weighted by Gasteiger charge is -2.19. The van der Waals surface area contributed by atoms with Crippen LogP contribution in [0.1, 0.15) is 25.0 Å². The average Bonchev–Trinajstić information content (AvgIpc) is 3.37. The summed E-state index contributed by atoms with van der Waals surface area (Å²) in [6.45, 7) is 4.19. The Labute approximate surface area is 185 Å². The highest BCUT2D eigenvalue weighted by atomic mass is 32.1. The molecule has 2 aromatic carbocycles. The zero-order valence-corrected chi connectivity index (χ0v) is 18.6. The highest BCUT2D eigenvalue weighted by Gasteiger charge is 2.23. The summed E-state index contributed by atoms with van der Waals surface area (Å²) in [6, 6.07) is 15.7. The van der Waals surface area contributed by atoms with Crippen LogP contribution in [-0.4, -0.2) is 29.4 Å². The third-order valence-electron chi connectivity index (χ3n) is 5.51. The van der Waals surface area contributed by atoms with E-state index in [4.69, 9.17) is 0 Å². The first-order chi connectivity index (χ1) is 15.0. The molecule has 0 aliphatic heterocycles. The smallest absolute Gasteiger partial charge is 0.242 e. The van der Waals surface area contributed by atoms with E-state index in [2.05, 4.69) is 33.1 Å². The Morgan fingerprint density at radius 1 is 0.968 bits per heavy atom. The number of rotatable bonds is 8. The van der Waals surface area contributed by atoms with Gasteiger partial charge >= 0.3 is 0 Å². The molecule has 160 valence electrons. The molecule has 2 heterocycles. The monoisotopic (exact) mass is 433 g/mol. The van der Waals surface area contributed by atoms with Gasteiger partial charge in [-0.25, -0.2) is 0 Å². The molecule has 0 saturated heterocycles. The Hall–Kier alpha value is -3.12. The molecule has 0 spiro atoms. The summed E-state index contributed by atoms with van der Waals surface area (Å²) < 4.78 is 1.25. The number of H-pyrrole nitrogens is 1. The van der Waals surface area contributed by atoms with Crippen LogP contribution in [0.4, 0.5) is 0 Å². The van der Waals surface area contributed by atoms with Crippen molar-refractivity contribution in [3.05, 3.63) is 71.2 Å². The van der Waals surface area contributed by atoms with Gasteiger partial charge in [0.25, 0.3) is 0 Å². The zero-order chi connectivity index (χ0) is 21.8. The van der Waals surface area contributed by atoms with Crippen LogP contribution in [0.15, 0.2) is 60.1 Å². The van der Waals surface area contributed by atoms with E-state index in [0.29, 0.717) is 13.0 Å². The molecule has 5 nitrogen and oxygen atoms in total. The average molecular weight is 434 g/mol. The van der Waals surface area contributed by atoms with Gasteiger partial charge in [0.15, 0.2) is 0 Å². The van der Waals surface area contributed by atoms with Crippen LogP contribution in [-0.2, 0) is 22.4 Å². The zero-order valence-electron chi connectivity index (χ0n) is 17.8. The van der Waals surface area contributed by atoms with E-state index in [1.54, 1.807) is 11.3 Å². The van der Waals surface area contributed by atoms with Gasteiger partial charge in [-0.3, -0.25) is 9.59 Å². The van der Waals surface area contributed by atoms with Crippen molar-refractivity contribution in [2.24, 2.45) is 5.92 Å². The summed E-state index contributed by atoms with van der Waals surface area (Å²) in [5.74, 6) is -0.460. The van der Waals surface area contributed by atoms with E-state index in [9.17, 15) is 9.59 Å². The van der Waals surface area contributed by atoms with Gasteiger partial charge in [-0.15, -0.1) is 11.3 Å². The summed E-state index contributed by atoms with van der Waals surface area (Å²) in [7, 11) is 0. The highest BCUT2D eigenvalue weighted by molar-refractivity contribution is 7.17. The molecule has 0 radical (unpaired) electrons. The first kappa shape index (κ1) is 21.1. The van der Waals surface area contributed by atoms with Gasteiger partial charge in [0.2, 0.25) is 11.8 Å². The lowest BCUT2D eigenvalue weighted by Crippen LogP contribution is -2.49. The fraction of sp³-hybridized carbons (Fsp3) is 0.280. The number of nitrogens with one attached hydrogen (secondary N) is 3. The molecule has 4 rings (SSSR count). The van der Waals surface area contributed by atoms with Crippen molar-refractivity contribution < 1.29 is 9.59 Å². The lowest BCUT2D eigenvalue weighted by molar-refractivity contribution is -0.130. The van der Waals surface area contributed by atoms with Gasteiger partial charge in [-0.1, -0.05) is 50.2 Å². The molecular weight excluding hydrogens is 406 g/mol. The van der Waals surface area contributed by atoms with Crippen molar-refractivity contribution in [2.75, 3.05) is 6.54 Å². The number of fused-ring (bicyclic) bond motifs is 2. The van der Waals surface area contributed by atoms with Crippen LogP contribution in [0.25, 0.3) is 21.0 Å². The van der Waals surface area contributed by atoms with Crippen molar-refractivity contribution in [1.82, 2.24) is 15.6 Å². The Bertz CT molecular complexity index is 1210. The second kappa shape index (κ2) is 9.35. The molecule has 0 aliphatic carbocycles.